The van der Waals surface area contributed by atoms with Gasteiger partial charge in [-0.25, -0.2) is 4.39 Å². The molecular weight excluding hydrogens is 275 g/mol. The number of nitro groups is 1. The van der Waals surface area contributed by atoms with Crippen molar-refractivity contribution in [2.24, 2.45) is 0 Å². The highest BCUT2D eigenvalue weighted by Crippen LogP contribution is 2.38. The summed E-state index contributed by atoms with van der Waals surface area (Å²) in [6.07, 6.45) is 1.95. The molecule has 0 bridgehead atoms. The van der Waals surface area contributed by atoms with Gasteiger partial charge in [0.2, 0.25) is 5.75 Å². The molecule has 0 radical (unpaired) electrons. The molecule has 0 atom stereocenters. The van der Waals surface area contributed by atoms with Crippen molar-refractivity contribution in [3.8, 4) is 11.5 Å². The first-order valence-electron chi connectivity index (χ1n) is 6.63. The minimum atomic E-state index is -0.586. The average Bonchev–Trinajstić information content (AvgIpc) is 2.47. The number of hydrogen-bond acceptors (Lipinski definition) is 4. The number of anilines is 1. The van der Waals surface area contributed by atoms with Crippen LogP contribution >= 0.6 is 0 Å². The van der Waals surface area contributed by atoms with E-state index in [0.717, 1.165) is 48.8 Å². The molecule has 1 N–H and O–H groups in total. The van der Waals surface area contributed by atoms with Crippen molar-refractivity contribution in [1.82, 2.24) is 0 Å². The maximum atomic E-state index is 13.3. The number of fused-ring (bicyclic) bond motifs is 1. The number of hydrogen-bond donors (Lipinski definition) is 1. The Kier molecular flexibility index (Phi) is 3.43. The van der Waals surface area contributed by atoms with Crippen molar-refractivity contribution >= 4 is 11.4 Å². The summed E-state index contributed by atoms with van der Waals surface area (Å²) in [6, 6.07) is 8.70. The Balaban J connectivity index is 2.01. The minimum absolute atomic E-state index is 0.0965. The summed E-state index contributed by atoms with van der Waals surface area (Å²) in [7, 11) is 0. The van der Waals surface area contributed by atoms with Crippen LogP contribution in [0.2, 0.25) is 0 Å². The first kappa shape index (κ1) is 13.4. The molecule has 3 rings (SSSR count). The van der Waals surface area contributed by atoms with E-state index < -0.39 is 10.7 Å². The van der Waals surface area contributed by atoms with Crippen LogP contribution in [-0.2, 0) is 6.42 Å². The highest BCUT2D eigenvalue weighted by molar-refractivity contribution is 5.65. The van der Waals surface area contributed by atoms with Gasteiger partial charge < -0.3 is 10.1 Å². The molecule has 0 aromatic heterocycles. The summed E-state index contributed by atoms with van der Waals surface area (Å²) < 4.78 is 18.9. The zero-order chi connectivity index (χ0) is 14.8. The first-order valence-corrected chi connectivity index (χ1v) is 6.63. The summed E-state index contributed by atoms with van der Waals surface area (Å²) in [6.45, 7) is 0.818. The van der Waals surface area contributed by atoms with Crippen LogP contribution in [0.3, 0.4) is 0 Å². The fourth-order valence-corrected chi connectivity index (χ4v) is 2.40. The van der Waals surface area contributed by atoms with Gasteiger partial charge >= 0.3 is 5.69 Å². The van der Waals surface area contributed by atoms with E-state index >= 15 is 0 Å². The predicted octanol–water partition coefficient (Wildman–Crippen LogP) is 3.88. The number of para-hydroxylation sites is 1. The van der Waals surface area contributed by atoms with Crippen LogP contribution < -0.4 is 10.1 Å². The van der Waals surface area contributed by atoms with E-state index in [1.165, 1.54) is 0 Å². The van der Waals surface area contributed by atoms with Gasteiger partial charge in [-0.1, -0.05) is 12.1 Å². The Morgan fingerprint density at radius 1 is 1.24 bits per heavy atom. The molecule has 6 heteroatoms. The second-order valence-electron chi connectivity index (χ2n) is 4.79. The minimum Gasteiger partial charge on any atom is -0.448 e. The van der Waals surface area contributed by atoms with Crippen LogP contribution in [0.5, 0.6) is 11.5 Å². The van der Waals surface area contributed by atoms with E-state index in [1.807, 2.05) is 12.1 Å². The zero-order valence-electron chi connectivity index (χ0n) is 11.1. The van der Waals surface area contributed by atoms with E-state index in [0.29, 0.717) is 5.75 Å². The fourth-order valence-electron chi connectivity index (χ4n) is 2.40. The maximum Gasteiger partial charge on any atom is 0.311 e. The van der Waals surface area contributed by atoms with Gasteiger partial charge in [-0.2, -0.15) is 0 Å². The van der Waals surface area contributed by atoms with Gasteiger partial charge in [0.05, 0.1) is 10.6 Å². The number of nitrogens with zero attached hydrogens (tertiary/aromatic N) is 1. The molecule has 2 aromatic rings. The normalized spacial score (nSPS) is 13.2. The predicted molar refractivity (Wildman–Crippen MR) is 76.4 cm³/mol. The van der Waals surface area contributed by atoms with Crippen LogP contribution in [-0.4, -0.2) is 11.5 Å². The summed E-state index contributed by atoms with van der Waals surface area (Å²) in [4.78, 5) is 10.4. The summed E-state index contributed by atoms with van der Waals surface area (Å²) in [5.41, 5.74) is 1.66. The molecule has 0 amide bonds. The molecule has 2 aromatic carbocycles. The maximum absolute atomic E-state index is 13.3. The SMILES string of the molecule is O=[N+]([O-])c1ccc(F)cc1Oc1cccc2c1NCCC2. The molecule has 1 aliphatic rings. The standard InChI is InChI=1S/C15H13FN2O3/c16-11-6-7-12(18(19)20)14(9-11)21-13-5-1-3-10-4-2-8-17-15(10)13/h1,3,5-7,9,17H,2,4,8H2. The molecule has 5 nitrogen and oxygen atoms in total. The summed E-state index contributed by atoms with van der Waals surface area (Å²) >= 11 is 0. The van der Waals surface area contributed by atoms with Crippen LogP contribution in [0.25, 0.3) is 0 Å². The number of benzene rings is 2. The molecule has 1 heterocycles. The van der Waals surface area contributed by atoms with Crippen LogP contribution in [0, 0.1) is 15.9 Å². The monoisotopic (exact) mass is 288 g/mol. The van der Waals surface area contributed by atoms with Gasteiger partial charge in [-0.3, -0.25) is 10.1 Å². The molecule has 0 fully saturated rings. The van der Waals surface area contributed by atoms with Crippen LogP contribution in [0.1, 0.15) is 12.0 Å². The highest BCUT2D eigenvalue weighted by Gasteiger charge is 2.20. The van der Waals surface area contributed by atoms with E-state index in [2.05, 4.69) is 5.32 Å². The Bertz CT molecular complexity index is 703. The molecule has 21 heavy (non-hydrogen) atoms. The van der Waals surface area contributed by atoms with Crippen molar-refractivity contribution in [3.63, 3.8) is 0 Å². The molecule has 0 aliphatic carbocycles. The number of nitro benzene ring substituents is 1. The topological polar surface area (TPSA) is 64.4 Å². The van der Waals surface area contributed by atoms with Gasteiger partial charge in [0.15, 0.2) is 5.75 Å². The second-order valence-corrected chi connectivity index (χ2v) is 4.79. The average molecular weight is 288 g/mol. The smallest absolute Gasteiger partial charge is 0.311 e. The number of halogens is 1. The highest BCUT2D eigenvalue weighted by atomic mass is 19.1. The van der Waals surface area contributed by atoms with E-state index in [4.69, 9.17) is 4.74 Å². The number of ether oxygens (including phenoxy) is 1. The van der Waals surface area contributed by atoms with E-state index in [9.17, 15) is 14.5 Å². The third-order valence-electron chi connectivity index (χ3n) is 3.38. The summed E-state index contributed by atoms with van der Waals surface area (Å²) in [5.74, 6) is -0.199. The van der Waals surface area contributed by atoms with Crippen LogP contribution in [0.15, 0.2) is 36.4 Å². The Morgan fingerprint density at radius 2 is 2.10 bits per heavy atom. The lowest BCUT2D eigenvalue weighted by atomic mass is 10.0. The molecule has 0 unspecified atom stereocenters. The van der Waals surface area contributed by atoms with Crippen molar-refractivity contribution < 1.29 is 14.1 Å². The number of aryl methyl sites for hydroxylation is 1. The lowest BCUT2D eigenvalue weighted by Crippen LogP contribution is -2.12. The third-order valence-corrected chi connectivity index (χ3v) is 3.38. The Morgan fingerprint density at radius 3 is 2.90 bits per heavy atom. The van der Waals surface area contributed by atoms with Crippen molar-refractivity contribution in [1.29, 1.82) is 0 Å². The lowest BCUT2D eigenvalue weighted by Gasteiger charge is -2.20. The largest absolute Gasteiger partial charge is 0.448 e. The Labute approximate surface area is 120 Å². The third kappa shape index (κ3) is 2.65. The van der Waals surface area contributed by atoms with Gasteiger partial charge in [0, 0.05) is 18.7 Å². The first-order chi connectivity index (χ1) is 10.1. The quantitative estimate of drug-likeness (QED) is 0.687. The fraction of sp³-hybridized carbons (Fsp3) is 0.200. The summed E-state index contributed by atoms with van der Waals surface area (Å²) in [5, 5.41) is 14.2. The molecule has 1 aliphatic heterocycles. The van der Waals surface area contributed by atoms with Gasteiger partial charge in [-0.15, -0.1) is 0 Å². The van der Waals surface area contributed by atoms with Crippen LogP contribution in [0.4, 0.5) is 15.8 Å². The zero-order valence-corrected chi connectivity index (χ0v) is 11.1. The molecule has 108 valence electrons. The Hall–Kier alpha value is -2.63. The van der Waals surface area contributed by atoms with Crippen molar-refractivity contribution in [2.75, 3.05) is 11.9 Å². The van der Waals surface area contributed by atoms with E-state index in [-0.39, 0.29) is 11.4 Å². The van der Waals surface area contributed by atoms with Crippen molar-refractivity contribution in [2.45, 2.75) is 12.8 Å². The van der Waals surface area contributed by atoms with E-state index in [1.54, 1.807) is 6.07 Å². The molecule has 0 saturated carbocycles. The number of nitrogens with one attached hydrogen (secondary N) is 1. The van der Waals surface area contributed by atoms with Gasteiger partial charge in [0.1, 0.15) is 5.82 Å². The molecular formula is C15H13FN2O3. The number of rotatable bonds is 3. The molecule has 0 saturated heterocycles. The van der Waals surface area contributed by atoms with Gasteiger partial charge in [-0.05, 0) is 30.5 Å². The second kappa shape index (κ2) is 5.40. The van der Waals surface area contributed by atoms with Gasteiger partial charge in [0.25, 0.3) is 0 Å². The van der Waals surface area contributed by atoms with Crippen molar-refractivity contribution in [3.05, 3.63) is 57.9 Å². The molecule has 0 spiro atoms. The lowest BCUT2D eigenvalue weighted by molar-refractivity contribution is -0.385.